The molecule has 2 heterocycles. The van der Waals surface area contributed by atoms with Crippen LogP contribution in [-0.2, 0) is 6.42 Å². The zero-order chi connectivity index (χ0) is 12.3. The maximum atomic E-state index is 4.48. The molecule has 0 saturated heterocycles. The highest BCUT2D eigenvalue weighted by atomic mass is 32.1. The molecule has 17 heavy (non-hydrogen) atoms. The number of hydrogen-bond donors (Lipinski definition) is 1. The average molecular weight is 247 g/mol. The van der Waals surface area contributed by atoms with Crippen LogP contribution in [0.1, 0.15) is 27.2 Å². The first-order valence-corrected chi connectivity index (χ1v) is 6.52. The maximum absolute atomic E-state index is 4.48. The average Bonchev–Trinajstić information content (AvgIpc) is 2.67. The van der Waals surface area contributed by atoms with E-state index in [9.17, 15) is 0 Å². The fourth-order valence-electron chi connectivity index (χ4n) is 1.95. The van der Waals surface area contributed by atoms with Crippen LogP contribution in [0.5, 0.6) is 0 Å². The molecule has 0 fully saturated rings. The standard InChI is InChI=1S/C13H17N3S/c1-9-13(17-10(2)16-9)12(14-3)7-11-5-4-6-15-8-11/h4-6,8,12,14H,7H2,1-3H3. The number of likely N-dealkylation sites (N-methyl/N-ethyl adjacent to an activating group) is 1. The highest BCUT2D eigenvalue weighted by molar-refractivity contribution is 7.11. The van der Waals surface area contributed by atoms with Crippen LogP contribution < -0.4 is 5.32 Å². The summed E-state index contributed by atoms with van der Waals surface area (Å²) in [7, 11) is 2.00. The molecule has 0 aromatic carbocycles. The molecule has 0 aliphatic heterocycles. The highest BCUT2D eigenvalue weighted by Gasteiger charge is 2.16. The lowest BCUT2D eigenvalue weighted by molar-refractivity contribution is 0.597. The lowest BCUT2D eigenvalue weighted by atomic mass is 10.1. The van der Waals surface area contributed by atoms with Crippen molar-refractivity contribution >= 4 is 11.3 Å². The van der Waals surface area contributed by atoms with Crippen LogP contribution in [0.3, 0.4) is 0 Å². The minimum Gasteiger partial charge on any atom is -0.312 e. The molecule has 1 N–H and O–H groups in total. The van der Waals surface area contributed by atoms with E-state index in [0.29, 0.717) is 6.04 Å². The summed E-state index contributed by atoms with van der Waals surface area (Å²) in [5, 5.41) is 4.49. The summed E-state index contributed by atoms with van der Waals surface area (Å²) >= 11 is 1.77. The van der Waals surface area contributed by atoms with Gasteiger partial charge in [0, 0.05) is 23.3 Å². The van der Waals surface area contributed by atoms with Gasteiger partial charge in [0.2, 0.25) is 0 Å². The first kappa shape index (κ1) is 12.2. The lowest BCUT2D eigenvalue weighted by Gasteiger charge is -2.14. The summed E-state index contributed by atoms with van der Waals surface area (Å²) in [5.74, 6) is 0. The van der Waals surface area contributed by atoms with Crippen molar-refractivity contribution in [1.29, 1.82) is 0 Å². The summed E-state index contributed by atoms with van der Waals surface area (Å²) in [5.41, 5.74) is 2.38. The van der Waals surface area contributed by atoms with E-state index in [4.69, 9.17) is 0 Å². The molecule has 1 atom stereocenters. The van der Waals surface area contributed by atoms with E-state index >= 15 is 0 Å². The number of nitrogens with one attached hydrogen (secondary N) is 1. The fourth-order valence-corrected chi connectivity index (χ4v) is 2.99. The van der Waals surface area contributed by atoms with Gasteiger partial charge in [-0.15, -0.1) is 11.3 Å². The molecule has 0 radical (unpaired) electrons. The molecule has 4 heteroatoms. The third kappa shape index (κ3) is 2.90. The number of thiazole rings is 1. The van der Waals surface area contributed by atoms with Gasteiger partial charge in [-0.2, -0.15) is 0 Å². The molecular formula is C13H17N3S. The monoisotopic (exact) mass is 247 g/mol. The van der Waals surface area contributed by atoms with E-state index in [2.05, 4.69) is 35.2 Å². The van der Waals surface area contributed by atoms with Crippen molar-refractivity contribution in [3.63, 3.8) is 0 Å². The van der Waals surface area contributed by atoms with Gasteiger partial charge < -0.3 is 5.32 Å². The number of aryl methyl sites for hydroxylation is 2. The van der Waals surface area contributed by atoms with E-state index in [1.807, 2.05) is 19.3 Å². The third-order valence-electron chi connectivity index (χ3n) is 2.77. The third-order valence-corrected chi connectivity index (χ3v) is 3.95. The Kier molecular flexibility index (Phi) is 3.86. The molecule has 0 amide bonds. The van der Waals surface area contributed by atoms with Crippen LogP contribution in [0.15, 0.2) is 24.5 Å². The molecule has 1 unspecified atom stereocenters. The highest BCUT2D eigenvalue weighted by Crippen LogP contribution is 2.26. The largest absolute Gasteiger partial charge is 0.312 e. The van der Waals surface area contributed by atoms with E-state index in [1.54, 1.807) is 17.5 Å². The first-order valence-electron chi connectivity index (χ1n) is 5.71. The van der Waals surface area contributed by atoms with Crippen LogP contribution >= 0.6 is 11.3 Å². The second-order valence-electron chi connectivity index (χ2n) is 4.09. The molecule has 0 aliphatic rings. The topological polar surface area (TPSA) is 37.8 Å². The van der Waals surface area contributed by atoms with Gasteiger partial charge >= 0.3 is 0 Å². The van der Waals surface area contributed by atoms with E-state index in [-0.39, 0.29) is 0 Å². The van der Waals surface area contributed by atoms with Crippen molar-refractivity contribution in [1.82, 2.24) is 15.3 Å². The first-order chi connectivity index (χ1) is 8.20. The SMILES string of the molecule is CNC(Cc1cccnc1)c1sc(C)nc1C. The van der Waals surface area contributed by atoms with Crippen LogP contribution in [0.4, 0.5) is 0 Å². The van der Waals surface area contributed by atoms with Crippen LogP contribution in [-0.4, -0.2) is 17.0 Å². The normalized spacial score (nSPS) is 12.6. The van der Waals surface area contributed by atoms with Gasteiger partial charge in [-0.05, 0) is 38.9 Å². The van der Waals surface area contributed by atoms with E-state index < -0.39 is 0 Å². The minimum atomic E-state index is 0.324. The van der Waals surface area contributed by atoms with Crippen molar-refractivity contribution in [3.05, 3.63) is 45.7 Å². The molecule has 0 spiro atoms. The number of aromatic nitrogens is 2. The van der Waals surface area contributed by atoms with Crippen LogP contribution in [0.2, 0.25) is 0 Å². The fraction of sp³-hybridized carbons (Fsp3) is 0.385. The number of nitrogens with zero attached hydrogens (tertiary/aromatic N) is 2. The van der Waals surface area contributed by atoms with E-state index in [1.165, 1.54) is 10.4 Å². The Balaban J connectivity index is 2.20. The van der Waals surface area contributed by atoms with Gasteiger partial charge in [-0.3, -0.25) is 4.98 Å². The predicted octanol–water partition coefficient (Wildman–Crippen LogP) is 2.66. The Morgan fingerprint density at radius 3 is 2.76 bits per heavy atom. The molecule has 0 aliphatic carbocycles. The zero-order valence-corrected chi connectivity index (χ0v) is 11.2. The summed E-state index contributed by atoms with van der Waals surface area (Å²) in [6, 6.07) is 4.42. The smallest absolute Gasteiger partial charge is 0.0900 e. The lowest BCUT2D eigenvalue weighted by Crippen LogP contribution is -2.18. The minimum absolute atomic E-state index is 0.324. The number of hydrogen-bond acceptors (Lipinski definition) is 4. The van der Waals surface area contributed by atoms with Crippen molar-refractivity contribution in [2.45, 2.75) is 26.3 Å². The summed E-state index contributed by atoms with van der Waals surface area (Å²) in [4.78, 5) is 9.97. The zero-order valence-electron chi connectivity index (χ0n) is 10.4. The second kappa shape index (κ2) is 5.38. The molecular weight excluding hydrogens is 230 g/mol. The molecule has 2 aromatic rings. The molecule has 90 valence electrons. The van der Waals surface area contributed by atoms with Gasteiger partial charge in [0.15, 0.2) is 0 Å². The van der Waals surface area contributed by atoms with E-state index in [0.717, 1.165) is 17.1 Å². The summed E-state index contributed by atoms with van der Waals surface area (Å²) < 4.78 is 0. The molecule has 0 bridgehead atoms. The van der Waals surface area contributed by atoms with Crippen molar-refractivity contribution < 1.29 is 0 Å². The Bertz CT molecular complexity index is 479. The van der Waals surface area contributed by atoms with Crippen molar-refractivity contribution in [3.8, 4) is 0 Å². The Morgan fingerprint density at radius 2 is 2.24 bits per heavy atom. The van der Waals surface area contributed by atoms with Gasteiger partial charge in [-0.25, -0.2) is 4.98 Å². The van der Waals surface area contributed by atoms with Crippen LogP contribution in [0, 0.1) is 13.8 Å². The number of pyridine rings is 1. The molecule has 2 rings (SSSR count). The van der Waals surface area contributed by atoms with Crippen LogP contribution in [0.25, 0.3) is 0 Å². The van der Waals surface area contributed by atoms with Gasteiger partial charge in [-0.1, -0.05) is 6.07 Å². The van der Waals surface area contributed by atoms with Crippen molar-refractivity contribution in [2.24, 2.45) is 0 Å². The van der Waals surface area contributed by atoms with Crippen molar-refractivity contribution in [2.75, 3.05) is 7.05 Å². The Morgan fingerprint density at radius 1 is 1.41 bits per heavy atom. The molecule has 3 nitrogen and oxygen atoms in total. The Hall–Kier alpha value is -1.26. The van der Waals surface area contributed by atoms with Gasteiger partial charge in [0.05, 0.1) is 10.7 Å². The number of rotatable bonds is 4. The second-order valence-corrected chi connectivity index (χ2v) is 5.32. The Labute approximate surface area is 106 Å². The predicted molar refractivity (Wildman–Crippen MR) is 71.3 cm³/mol. The summed E-state index contributed by atoms with van der Waals surface area (Å²) in [6.45, 7) is 4.13. The quantitative estimate of drug-likeness (QED) is 0.902. The van der Waals surface area contributed by atoms with Gasteiger partial charge in [0.1, 0.15) is 0 Å². The molecule has 2 aromatic heterocycles. The van der Waals surface area contributed by atoms with Gasteiger partial charge in [0.25, 0.3) is 0 Å². The maximum Gasteiger partial charge on any atom is 0.0900 e. The molecule has 0 saturated carbocycles. The summed E-state index contributed by atoms with van der Waals surface area (Å²) in [6.07, 6.45) is 4.68.